The lowest BCUT2D eigenvalue weighted by Gasteiger charge is -2.40. The van der Waals surface area contributed by atoms with Gasteiger partial charge in [0.15, 0.2) is 0 Å². The molecule has 1 amide bonds. The molecule has 98 valence electrons. The van der Waals surface area contributed by atoms with Crippen LogP contribution in [0, 0.1) is 0 Å². The number of rotatable bonds is 7. The molecule has 0 spiro atoms. The molecule has 0 bridgehead atoms. The van der Waals surface area contributed by atoms with E-state index in [1.165, 1.54) is 0 Å². The summed E-state index contributed by atoms with van der Waals surface area (Å²) >= 11 is 0. The molecule has 1 aliphatic carbocycles. The van der Waals surface area contributed by atoms with Crippen molar-refractivity contribution in [3.63, 3.8) is 0 Å². The number of carbonyl (C=O) groups is 2. The molecule has 0 saturated heterocycles. The van der Waals surface area contributed by atoms with Gasteiger partial charge in [0.05, 0.1) is 12.0 Å². The second-order valence-electron chi connectivity index (χ2n) is 4.82. The van der Waals surface area contributed by atoms with Gasteiger partial charge in [-0.05, 0) is 32.6 Å². The van der Waals surface area contributed by atoms with Gasteiger partial charge in [-0.15, -0.1) is 0 Å². The van der Waals surface area contributed by atoms with E-state index in [1.54, 1.807) is 7.11 Å². The van der Waals surface area contributed by atoms with Crippen molar-refractivity contribution in [3.8, 4) is 0 Å². The zero-order valence-corrected chi connectivity index (χ0v) is 10.5. The second kappa shape index (κ2) is 6.00. The van der Waals surface area contributed by atoms with E-state index < -0.39 is 5.97 Å². The number of amides is 1. The van der Waals surface area contributed by atoms with Crippen molar-refractivity contribution in [1.29, 1.82) is 0 Å². The highest BCUT2D eigenvalue weighted by Crippen LogP contribution is 2.37. The maximum atomic E-state index is 11.7. The third-order valence-corrected chi connectivity index (χ3v) is 3.38. The zero-order chi connectivity index (χ0) is 12.9. The minimum atomic E-state index is -0.835. The van der Waals surface area contributed by atoms with Gasteiger partial charge in [0.1, 0.15) is 0 Å². The molecule has 5 nitrogen and oxygen atoms in total. The van der Waals surface area contributed by atoms with Crippen LogP contribution in [0.15, 0.2) is 0 Å². The van der Waals surface area contributed by atoms with Crippen LogP contribution in [0.25, 0.3) is 0 Å². The first-order valence-electron chi connectivity index (χ1n) is 6.04. The summed E-state index contributed by atoms with van der Waals surface area (Å²) in [5.41, 5.74) is -0.267. The fraction of sp³-hybridized carbons (Fsp3) is 0.833. The minimum absolute atomic E-state index is 0.0514. The maximum absolute atomic E-state index is 11.7. The van der Waals surface area contributed by atoms with Crippen LogP contribution in [0.4, 0.5) is 0 Å². The lowest BCUT2D eigenvalue weighted by atomic mass is 9.77. The highest BCUT2D eigenvalue weighted by molar-refractivity contribution is 5.77. The Morgan fingerprint density at radius 3 is 2.53 bits per heavy atom. The average Bonchev–Trinajstić information content (AvgIpc) is 2.20. The van der Waals surface area contributed by atoms with Gasteiger partial charge in [-0.1, -0.05) is 0 Å². The standard InChI is InChI=1S/C12H21NO4/c1-9(4-5-11(15)16)13-10(14)8-12(17-2)6-3-7-12/h9H,3-8H2,1-2H3,(H,13,14)(H,15,16). The summed E-state index contributed by atoms with van der Waals surface area (Å²) in [6.07, 6.45) is 3.88. The molecule has 2 N–H and O–H groups in total. The largest absolute Gasteiger partial charge is 0.481 e. The third kappa shape index (κ3) is 4.34. The fourth-order valence-corrected chi connectivity index (χ4v) is 2.05. The molecule has 17 heavy (non-hydrogen) atoms. The molecule has 0 heterocycles. The molecule has 0 aromatic rings. The number of ether oxygens (including phenoxy) is 1. The summed E-state index contributed by atoms with van der Waals surface area (Å²) in [5.74, 6) is -0.886. The van der Waals surface area contributed by atoms with E-state index in [-0.39, 0.29) is 24.0 Å². The predicted molar refractivity (Wildman–Crippen MR) is 62.7 cm³/mol. The molecule has 1 saturated carbocycles. The lowest BCUT2D eigenvalue weighted by Crippen LogP contribution is -2.45. The molecule has 0 aromatic carbocycles. The number of carbonyl (C=O) groups excluding carboxylic acids is 1. The molecule has 0 aliphatic heterocycles. The number of aliphatic carboxylic acids is 1. The zero-order valence-electron chi connectivity index (χ0n) is 10.5. The van der Waals surface area contributed by atoms with Crippen LogP contribution in [0.2, 0.25) is 0 Å². The monoisotopic (exact) mass is 243 g/mol. The number of nitrogens with one attached hydrogen (secondary N) is 1. The molecule has 5 heteroatoms. The number of hydrogen-bond acceptors (Lipinski definition) is 3. The van der Waals surface area contributed by atoms with E-state index in [0.717, 1.165) is 19.3 Å². The van der Waals surface area contributed by atoms with Crippen LogP contribution in [0.5, 0.6) is 0 Å². The Morgan fingerprint density at radius 2 is 2.12 bits per heavy atom. The number of hydrogen-bond donors (Lipinski definition) is 2. The van der Waals surface area contributed by atoms with Gasteiger partial charge in [-0.25, -0.2) is 0 Å². The van der Waals surface area contributed by atoms with Crippen LogP contribution in [-0.4, -0.2) is 35.7 Å². The number of methoxy groups -OCH3 is 1. The topological polar surface area (TPSA) is 75.6 Å². The Hall–Kier alpha value is -1.10. The molecule has 0 radical (unpaired) electrons. The van der Waals surface area contributed by atoms with E-state index in [2.05, 4.69) is 5.32 Å². The maximum Gasteiger partial charge on any atom is 0.303 e. The van der Waals surface area contributed by atoms with E-state index in [9.17, 15) is 9.59 Å². The van der Waals surface area contributed by atoms with E-state index in [0.29, 0.717) is 12.8 Å². The summed E-state index contributed by atoms with van der Waals surface area (Å²) in [7, 11) is 1.64. The Balaban J connectivity index is 2.26. The molecular weight excluding hydrogens is 222 g/mol. The predicted octanol–water partition coefficient (Wildman–Crippen LogP) is 1.32. The molecule has 1 fully saturated rings. The second-order valence-corrected chi connectivity index (χ2v) is 4.82. The number of carboxylic acid groups (broad SMARTS) is 1. The Bertz CT molecular complexity index is 281. The minimum Gasteiger partial charge on any atom is -0.481 e. The molecule has 1 aliphatic rings. The summed E-state index contributed by atoms with van der Waals surface area (Å²) in [6, 6.07) is -0.104. The quantitative estimate of drug-likeness (QED) is 0.707. The van der Waals surface area contributed by atoms with Gasteiger partial charge < -0.3 is 15.2 Å². The summed E-state index contributed by atoms with van der Waals surface area (Å²) < 4.78 is 5.37. The van der Waals surface area contributed by atoms with Crippen molar-refractivity contribution >= 4 is 11.9 Å². The van der Waals surface area contributed by atoms with Gasteiger partial charge in [-0.3, -0.25) is 9.59 Å². The normalized spacial score (nSPS) is 19.2. The fourth-order valence-electron chi connectivity index (χ4n) is 2.05. The van der Waals surface area contributed by atoms with E-state index >= 15 is 0 Å². The van der Waals surface area contributed by atoms with Crippen molar-refractivity contribution in [3.05, 3.63) is 0 Å². The number of carboxylic acids is 1. The molecule has 0 aromatic heterocycles. The van der Waals surface area contributed by atoms with Gasteiger partial charge in [-0.2, -0.15) is 0 Å². The average molecular weight is 243 g/mol. The van der Waals surface area contributed by atoms with Crippen LogP contribution in [0.3, 0.4) is 0 Å². The van der Waals surface area contributed by atoms with Gasteiger partial charge >= 0.3 is 5.97 Å². The SMILES string of the molecule is COC1(CC(=O)NC(C)CCC(=O)O)CCC1. The highest BCUT2D eigenvalue weighted by atomic mass is 16.5. The molecular formula is C12H21NO4. The van der Waals surface area contributed by atoms with E-state index in [1.807, 2.05) is 6.92 Å². The Morgan fingerprint density at radius 1 is 1.47 bits per heavy atom. The summed E-state index contributed by atoms with van der Waals surface area (Å²) in [6.45, 7) is 1.82. The molecule has 1 unspecified atom stereocenters. The van der Waals surface area contributed by atoms with E-state index in [4.69, 9.17) is 9.84 Å². The van der Waals surface area contributed by atoms with Crippen molar-refractivity contribution in [2.45, 2.75) is 57.1 Å². The first-order valence-corrected chi connectivity index (χ1v) is 6.04. The highest BCUT2D eigenvalue weighted by Gasteiger charge is 2.39. The smallest absolute Gasteiger partial charge is 0.303 e. The summed E-state index contributed by atoms with van der Waals surface area (Å²) in [4.78, 5) is 22.1. The van der Waals surface area contributed by atoms with Gasteiger partial charge in [0, 0.05) is 19.6 Å². The Kier molecular flexibility index (Phi) is 4.93. The van der Waals surface area contributed by atoms with Crippen molar-refractivity contribution in [2.75, 3.05) is 7.11 Å². The van der Waals surface area contributed by atoms with Crippen LogP contribution >= 0.6 is 0 Å². The third-order valence-electron chi connectivity index (χ3n) is 3.38. The summed E-state index contributed by atoms with van der Waals surface area (Å²) in [5, 5.41) is 11.3. The van der Waals surface area contributed by atoms with Crippen LogP contribution in [-0.2, 0) is 14.3 Å². The van der Waals surface area contributed by atoms with Crippen LogP contribution in [0.1, 0.15) is 45.4 Å². The van der Waals surface area contributed by atoms with Crippen LogP contribution < -0.4 is 5.32 Å². The van der Waals surface area contributed by atoms with Gasteiger partial charge in [0.25, 0.3) is 0 Å². The van der Waals surface area contributed by atoms with Gasteiger partial charge in [0.2, 0.25) is 5.91 Å². The molecule has 1 rings (SSSR count). The lowest BCUT2D eigenvalue weighted by molar-refractivity contribution is -0.138. The molecule has 1 atom stereocenters. The first-order chi connectivity index (χ1) is 7.97. The van der Waals surface area contributed by atoms with Crippen molar-refractivity contribution in [2.24, 2.45) is 0 Å². The van der Waals surface area contributed by atoms with Crippen molar-refractivity contribution in [1.82, 2.24) is 5.32 Å². The first kappa shape index (κ1) is 14.0. The Labute approximate surface area is 102 Å². The van der Waals surface area contributed by atoms with Crippen molar-refractivity contribution < 1.29 is 19.4 Å².